The highest BCUT2D eigenvalue weighted by Crippen LogP contribution is 2.28. The van der Waals surface area contributed by atoms with Crippen LogP contribution < -0.4 is 10.2 Å². The molecule has 1 N–H and O–H groups in total. The number of nitrogens with one attached hydrogen (secondary N) is 1. The predicted molar refractivity (Wildman–Crippen MR) is 106 cm³/mol. The predicted octanol–water partition coefficient (Wildman–Crippen LogP) is 1.95. The number of anilines is 2. The van der Waals surface area contributed by atoms with Crippen LogP contribution in [0, 0.1) is 11.3 Å². The van der Waals surface area contributed by atoms with Crippen molar-refractivity contribution in [3.05, 3.63) is 53.6 Å². The van der Waals surface area contributed by atoms with E-state index in [1.165, 1.54) is 4.31 Å². The third kappa shape index (κ3) is 3.35. The lowest BCUT2D eigenvalue weighted by Crippen LogP contribution is -2.48. The molecule has 0 bridgehead atoms. The van der Waals surface area contributed by atoms with E-state index in [1.54, 1.807) is 24.3 Å². The van der Waals surface area contributed by atoms with Gasteiger partial charge in [-0.1, -0.05) is 12.1 Å². The molecule has 0 saturated carbocycles. The molecule has 1 saturated heterocycles. The molecule has 0 atom stereocenters. The second kappa shape index (κ2) is 7.26. The summed E-state index contributed by atoms with van der Waals surface area (Å²) in [6, 6.07) is 14.4. The number of nitrogens with zero attached hydrogens (tertiary/aromatic N) is 3. The fourth-order valence-electron chi connectivity index (χ4n) is 3.68. The number of aryl methyl sites for hydroxylation is 1. The molecule has 2 aliphatic heterocycles. The molecule has 7 nitrogen and oxygen atoms in total. The summed E-state index contributed by atoms with van der Waals surface area (Å²) in [6.07, 6.45) is 0.913. The van der Waals surface area contributed by atoms with Crippen molar-refractivity contribution in [1.82, 2.24) is 4.31 Å². The fourth-order valence-corrected chi connectivity index (χ4v) is 5.16. The van der Waals surface area contributed by atoms with E-state index in [0.29, 0.717) is 50.3 Å². The Labute approximate surface area is 164 Å². The maximum Gasteiger partial charge on any atom is 0.243 e. The number of nitriles is 1. The topological polar surface area (TPSA) is 93.5 Å². The summed E-state index contributed by atoms with van der Waals surface area (Å²) in [4.78, 5) is 13.8. The van der Waals surface area contributed by atoms with Gasteiger partial charge in [-0.15, -0.1) is 0 Å². The Kier molecular flexibility index (Phi) is 4.79. The van der Waals surface area contributed by atoms with Gasteiger partial charge >= 0.3 is 0 Å². The van der Waals surface area contributed by atoms with Crippen molar-refractivity contribution < 1.29 is 13.2 Å². The van der Waals surface area contributed by atoms with E-state index >= 15 is 0 Å². The van der Waals surface area contributed by atoms with Crippen molar-refractivity contribution in [2.24, 2.45) is 0 Å². The molecule has 8 heteroatoms. The zero-order valence-corrected chi connectivity index (χ0v) is 16.1. The number of carbonyl (C=O) groups is 1. The van der Waals surface area contributed by atoms with E-state index < -0.39 is 10.0 Å². The van der Waals surface area contributed by atoms with Crippen LogP contribution in [0.5, 0.6) is 0 Å². The number of amides is 1. The average Bonchev–Trinajstić information content (AvgIpc) is 2.73. The number of carbonyl (C=O) groups excluding carboxylic acids is 1. The maximum absolute atomic E-state index is 13.1. The molecule has 2 heterocycles. The minimum atomic E-state index is -3.60. The standard InChI is InChI=1S/C20H20N4O3S/c21-14-16-3-1-2-4-19(16)23-9-11-24(12-10-23)28(26,27)17-6-7-18-15(13-17)5-8-20(25)22-18/h1-4,6-7,13H,5,8-12H2,(H,22,25). The minimum Gasteiger partial charge on any atom is -0.368 e. The lowest BCUT2D eigenvalue weighted by molar-refractivity contribution is -0.116. The van der Waals surface area contributed by atoms with Crippen LogP contribution in [0.25, 0.3) is 0 Å². The van der Waals surface area contributed by atoms with E-state index in [1.807, 2.05) is 23.1 Å². The molecule has 4 rings (SSSR count). The van der Waals surface area contributed by atoms with Crippen LogP contribution in [0.3, 0.4) is 0 Å². The van der Waals surface area contributed by atoms with Crippen molar-refractivity contribution in [2.75, 3.05) is 36.4 Å². The second-order valence-electron chi connectivity index (χ2n) is 6.89. The molecule has 0 aliphatic carbocycles. The SMILES string of the molecule is N#Cc1ccccc1N1CCN(S(=O)(=O)c2ccc3c(c2)CCC(=O)N3)CC1. The Morgan fingerprint density at radius 2 is 1.75 bits per heavy atom. The third-order valence-corrected chi connectivity index (χ3v) is 7.11. The van der Waals surface area contributed by atoms with E-state index in [-0.39, 0.29) is 10.8 Å². The summed E-state index contributed by atoms with van der Waals surface area (Å²) in [5.41, 5.74) is 2.97. The quantitative estimate of drug-likeness (QED) is 0.856. The molecule has 2 aromatic rings. The van der Waals surface area contributed by atoms with Crippen LogP contribution >= 0.6 is 0 Å². The Bertz CT molecular complexity index is 1070. The van der Waals surface area contributed by atoms with Crippen LogP contribution in [0.1, 0.15) is 17.5 Å². The molecule has 0 aromatic heterocycles. The van der Waals surface area contributed by atoms with Gasteiger partial charge in [-0.3, -0.25) is 4.79 Å². The van der Waals surface area contributed by atoms with Crippen molar-refractivity contribution in [3.8, 4) is 6.07 Å². The number of para-hydroxylation sites is 1. The summed E-state index contributed by atoms with van der Waals surface area (Å²) >= 11 is 0. The molecule has 144 valence electrons. The van der Waals surface area contributed by atoms with Gasteiger partial charge in [-0.2, -0.15) is 9.57 Å². The molecular formula is C20H20N4O3S. The van der Waals surface area contributed by atoms with Gasteiger partial charge < -0.3 is 10.2 Å². The molecule has 28 heavy (non-hydrogen) atoms. The van der Waals surface area contributed by atoms with Gasteiger partial charge in [0.1, 0.15) is 6.07 Å². The number of piperazine rings is 1. The fraction of sp³-hybridized carbons (Fsp3) is 0.300. The molecule has 0 spiro atoms. The number of sulfonamides is 1. The summed E-state index contributed by atoms with van der Waals surface area (Å²) < 4.78 is 27.6. The number of hydrogen-bond donors (Lipinski definition) is 1. The van der Waals surface area contributed by atoms with Crippen molar-refractivity contribution >= 4 is 27.3 Å². The van der Waals surface area contributed by atoms with E-state index in [2.05, 4.69) is 11.4 Å². The van der Waals surface area contributed by atoms with Gasteiger partial charge in [-0.25, -0.2) is 8.42 Å². The van der Waals surface area contributed by atoms with Gasteiger partial charge in [0, 0.05) is 38.3 Å². The monoisotopic (exact) mass is 396 g/mol. The van der Waals surface area contributed by atoms with Gasteiger partial charge in [0.2, 0.25) is 15.9 Å². The van der Waals surface area contributed by atoms with Gasteiger partial charge in [0.05, 0.1) is 16.1 Å². The van der Waals surface area contributed by atoms with Crippen molar-refractivity contribution in [2.45, 2.75) is 17.7 Å². The summed E-state index contributed by atoms with van der Waals surface area (Å²) in [5, 5.41) is 12.1. The Morgan fingerprint density at radius 1 is 1.00 bits per heavy atom. The summed E-state index contributed by atoms with van der Waals surface area (Å²) in [5.74, 6) is -0.0446. The first-order chi connectivity index (χ1) is 13.5. The molecule has 2 aliphatic rings. The van der Waals surface area contributed by atoms with Crippen molar-refractivity contribution in [3.63, 3.8) is 0 Å². The maximum atomic E-state index is 13.1. The third-order valence-electron chi connectivity index (χ3n) is 5.21. The lowest BCUT2D eigenvalue weighted by atomic mass is 10.0. The van der Waals surface area contributed by atoms with Crippen LogP contribution in [0.15, 0.2) is 47.4 Å². The zero-order valence-electron chi connectivity index (χ0n) is 15.3. The highest BCUT2D eigenvalue weighted by Gasteiger charge is 2.30. The minimum absolute atomic E-state index is 0.0446. The van der Waals surface area contributed by atoms with Gasteiger partial charge in [0.25, 0.3) is 0 Å². The normalized spacial score (nSPS) is 17.5. The Morgan fingerprint density at radius 3 is 2.50 bits per heavy atom. The first kappa shape index (κ1) is 18.5. The van der Waals surface area contributed by atoms with E-state index in [0.717, 1.165) is 11.3 Å². The van der Waals surface area contributed by atoms with Crippen molar-refractivity contribution in [1.29, 1.82) is 5.26 Å². The molecule has 2 aromatic carbocycles. The van der Waals surface area contributed by atoms with E-state index in [4.69, 9.17) is 0 Å². The van der Waals surface area contributed by atoms with Gasteiger partial charge in [0.15, 0.2) is 0 Å². The molecular weight excluding hydrogens is 376 g/mol. The zero-order chi connectivity index (χ0) is 19.7. The Hall–Kier alpha value is -2.89. The first-order valence-corrected chi connectivity index (χ1v) is 10.6. The van der Waals surface area contributed by atoms with E-state index in [9.17, 15) is 18.5 Å². The van der Waals surface area contributed by atoms with Crippen LogP contribution in [-0.2, 0) is 21.2 Å². The second-order valence-corrected chi connectivity index (χ2v) is 8.83. The largest absolute Gasteiger partial charge is 0.368 e. The highest BCUT2D eigenvalue weighted by atomic mass is 32.2. The smallest absolute Gasteiger partial charge is 0.243 e. The molecule has 1 fully saturated rings. The lowest BCUT2D eigenvalue weighted by Gasteiger charge is -2.35. The van der Waals surface area contributed by atoms with Gasteiger partial charge in [-0.05, 0) is 42.3 Å². The summed E-state index contributed by atoms with van der Waals surface area (Å²) in [6.45, 7) is 1.77. The average molecular weight is 396 g/mol. The number of fused-ring (bicyclic) bond motifs is 1. The number of rotatable bonds is 3. The van der Waals surface area contributed by atoms with Crippen LogP contribution in [0.2, 0.25) is 0 Å². The molecule has 0 radical (unpaired) electrons. The number of benzene rings is 2. The highest BCUT2D eigenvalue weighted by molar-refractivity contribution is 7.89. The first-order valence-electron chi connectivity index (χ1n) is 9.16. The van der Waals surface area contributed by atoms with Crippen LogP contribution in [0.4, 0.5) is 11.4 Å². The Balaban J connectivity index is 1.51. The molecule has 0 unspecified atom stereocenters. The van der Waals surface area contributed by atoms with Crippen LogP contribution in [-0.4, -0.2) is 44.8 Å². The molecule has 1 amide bonds. The summed E-state index contributed by atoms with van der Waals surface area (Å²) in [7, 11) is -3.60. The number of hydrogen-bond acceptors (Lipinski definition) is 5.